The van der Waals surface area contributed by atoms with Gasteiger partial charge in [-0.25, -0.2) is 0 Å². The van der Waals surface area contributed by atoms with Crippen molar-refractivity contribution in [1.29, 1.82) is 0 Å². The van der Waals surface area contributed by atoms with Crippen molar-refractivity contribution in [2.24, 2.45) is 11.7 Å². The van der Waals surface area contributed by atoms with Crippen LogP contribution < -0.4 is 5.73 Å². The molecule has 1 saturated heterocycles. The summed E-state index contributed by atoms with van der Waals surface area (Å²) >= 11 is 5.92. The Morgan fingerprint density at radius 2 is 2.06 bits per heavy atom. The molecule has 3 heteroatoms. The zero-order valence-corrected chi connectivity index (χ0v) is 10.5. The average molecular weight is 239 g/mol. The van der Waals surface area contributed by atoms with Gasteiger partial charge in [0.2, 0.25) is 0 Å². The number of halogens is 1. The number of nitrogens with two attached hydrogens (primary N) is 1. The quantitative estimate of drug-likeness (QED) is 0.878. The van der Waals surface area contributed by atoms with Gasteiger partial charge in [-0.2, -0.15) is 0 Å². The van der Waals surface area contributed by atoms with E-state index >= 15 is 0 Å². The molecule has 88 valence electrons. The minimum atomic E-state index is 0.479. The third kappa shape index (κ3) is 2.24. The lowest BCUT2D eigenvalue weighted by molar-refractivity contribution is 0.242. The summed E-state index contributed by atoms with van der Waals surface area (Å²) in [4.78, 5) is 2.50. The summed E-state index contributed by atoms with van der Waals surface area (Å²) in [5.41, 5.74) is 7.20. The van der Waals surface area contributed by atoms with Gasteiger partial charge in [0, 0.05) is 11.1 Å². The zero-order valence-electron chi connectivity index (χ0n) is 9.70. The fourth-order valence-corrected chi connectivity index (χ4v) is 2.80. The van der Waals surface area contributed by atoms with Gasteiger partial charge >= 0.3 is 0 Å². The third-order valence-electron chi connectivity index (χ3n) is 3.55. The molecule has 2 nitrogen and oxygen atoms in total. The van der Waals surface area contributed by atoms with Gasteiger partial charge in [0.05, 0.1) is 0 Å². The molecule has 2 rings (SSSR count). The predicted octanol–water partition coefficient (Wildman–Crippen LogP) is 2.68. The molecule has 2 N–H and O–H groups in total. The van der Waals surface area contributed by atoms with Crippen molar-refractivity contribution in [3.05, 3.63) is 34.9 Å². The zero-order chi connectivity index (χ0) is 11.5. The number of likely N-dealkylation sites (tertiary alicyclic amines) is 1. The Hall–Kier alpha value is -0.570. The standard InChI is InChI=1S/C13H19ClN2/c1-2-16-8-7-11(9-15)13(16)10-3-5-12(14)6-4-10/h3-6,11,13H,2,7-9,15H2,1H3. The van der Waals surface area contributed by atoms with Crippen molar-refractivity contribution in [3.63, 3.8) is 0 Å². The Bertz CT molecular complexity index is 324. The van der Waals surface area contributed by atoms with Crippen LogP contribution in [0.5, 0.6) is 0 Å². The molecule has 1 fully saturated rings. The van der Waals surface area contributed by atoms with Crippen LogP contribution in [0.15, 0.2) is 24.3 Å². The Morgan fingerprint density at radius 3 is 2.62 bits per heavy atom. The summed E-state index contributed by atoms with van der Waals surface area (Å²) in [6.45, 7) is 5.22. The van der Waals surface area contributed by atoms with Gasteiger partial charge in [0.1, 0.15) is 0 Å². The maximum Gasteiger partial charge on any atom is 0.0406 e. The molecule has 1 aromatic carbocycles. The van der Waals surface area contributed by atoms with Crippen LogP contribution in [0.1, 0.15) is 24.9 Å². The molecule has 2 atom stereocenters. The summed E-state index contributed by atoms with van der Waals surface area (Å²) < 4.78 is 0. The van der Waals surface area contributed by atoms with Crippen molar-refractivity contribution in [3.8, 4) is 0 Å². The fraction of sp³-hybridized carbons (Fsp3) is 0.538. The van der Waals surface area contributed by atoms with Crippen LogP contribution in [0.3, 0.4) is 0 Å². The lowest BCUT2D eigenvalue weighted by atomic mass is 9.94. The summed E-state index contributed by atoms with van der Waals surface area (Å²) in [6.07, 6.45) is 1.21. The van der Waals surface area contributed by atoms with Gasteiger partial charge in [-0.3, -0.25) is 4.90 Å². The molecule has 0 amide bonds. The highest BCUT2D eigenvalue weighted by molar-refractivity contribution is 6.30. The minimum absolute atomic E-state index is 0.479. The monoisotopic (exact) mass is 238 g/mol. The number of hydrogen-bond acceptors (Lipinski definition) is 2. The Morgan fingerprint density at radius 1 is 1.38 bits per heavy atom. The second-order valence-corrected chi connectivity index (χ2v) is 4.85. The first-order chi connectivity index (χ1) is 7.76. The number of hydrogen-bond donors (Lipinski definition) is 1. The molecule has 1 heterocycles. The van der Waals surface area contributed by atoms with E-state index in [9.17, 15) is 0 Å². The van der Waals surface area contributed by atoms with E-state index in [1.807, 2.05) is 12.1 Å². The van der Waals surface area contributed by atoms with Crippen molar-refractivity contribution in [1.82, 2.24) is 4.90 Å². The summed E-state index contributed by atoms with van der Waals surface area (Å²) in [6, 6.07) is 8.67. The maximum atomic E-state index is 5.92. The SMILES string of the molecule is CCN1CCC(CN)C1c1ccc(Cl)cc1. The van der Waals surface area contributed by atoms with Crippen molar-refractivity contribution in [2.75, 3.05) is 19.6 Å². The van der Waals surface area contributed by atoms with Gasteiger partial charge < -0.3 is 5.73 Å². The highest BCUT2D eigenvalue weighted by Gasteiger charge is 2.33. The molecule has 0 saturated carbocycles. The molecule has 1 aliphatic rings. The first-order valence-electron chi connectivity index (χ1n) is 5.95. The number of rotatable bonds is 3. The van der Waals surface area contributed by atoms with E-state index in [0.29, 0.717) is 12.0 Å². The largest absolute Gasteiger partial charge is 0.330 e. The highest BCUT2D eigenvalue weighted by Crippen LogP contribution is 2.36. The Labute approximate surface area is 102 Å². The maximum absolute atomic E-state index is 5.92. The van der Waals surface area contributed by atoms with E-state index in [1.165, 1.54) is 12.0 Å². The van der Waals surface area contributed by atoms with E-state index in [1.54, 1.807) is 0 Å². The molecule has 0 spiro atoms. The van der Waals surface area contributed by atoms with Crippen molar-refractivity contribution < 1.29 is 0 Å². The van der Waals surface area contributed by atoms with Crippen LogP contribution in [0.4, 0.5) is 0 Å². The molecule has 1 aromatic rings. The average Bonchev–Trinajstić information content (AvgIpc) is 2.73. The fourth-order valence-electron chi connectivity index (χ4n) is 2.67. The van der Waals surface area contributed by atoms with Crippen LogP contribution >= 0.6 is 11.6 Å². The predicted molar refractivity (Wildman–Crippen MR) is 68.6 cm³/mol. The van der Waals surface area contributed by atoms with E-state index < -0.39 is 0 Å². The molecule has 0 aliphatic carbocycles. The summed E-state index contributed by atoms with van der Waals surface area (Å²) in [5.74, 6) is 0.584. The van der Waals surface area contributed by atoms with Gasteiger partial charge in [0.25, 0.3) is 0 Å². The normalized spacial score (nSPS) is 26.2. The van der Waals surface area contributed by atoms with Crippen LogP contribution in [-0.2, 0) is 0 Å². The van der Waals surface area contributed by atoms with Gasteiger partial charge in [-0.1, -0.05) is 30.7 Å². The molecule has 0 bridgehead atoms. The van der Waals surface area contributed by atoms with Crippen molar-refractivity contribution in [2.45, 2.75) is 19.4 Å². The van der Waals surface area contributed by atoms with Gasteiger partial charge in [-0.15, -0.1) is 0 Å². The van der Waals surface area contributed by atoms with E-state index in [0.717, 1.165) is 24.7 Å². The Balaban J connectivity index is 2.24. The highest BCUT2D eigenvalue weighted by atomic mass is 35.5. The molecular formula is C13H19ClN2. The Kier molecular flexibility index (Phi) is 3.85. The lowest BCUT2D eigenvalue weighted by Gasteiger charge is -2.27. The third-order valence-corrected chi connectivity index (χ3v) is 3.80. The minimum Gasteiger partial charge on any atom is -0.330 e. The van der Waals surface area contributed by atoms with Crippen LogP contribution in [0, 0.1) is 5.92 Å². The second-order valence-electron chi connectivity index (χ2n) is 4.41. The second kappa shape index (κ2) is 5.17. The van der Waals surface area contributed by atoms with Crippen molar-refractivity contribution >= 4 is 11.6 Å². The van der Waals surface area contributed by atoms with E-state index in [-0.39, 0.29) is 0 Å². The van der Waals surface area contributed by atoms with Crippen LogP contribution in [0.2, 0.25) is 5.02 Å². The smallest absolute Gasteiger partial charge is 0.0406 e. The molecule has 1 aliphatic heterocycles. The molecular weight excluding hydrogens is 220 g/mol. The topological polar surface area (TPSA) is 29.3 Å². The van der Waals surface area contributed by atoms with Crippen LogP contribution in [-0.4, -0.2) is 24.5 Å². The first-order valence-corrected chi connectivity index (χ1v) is 6.33. The number of benzene rings is 1. The van der Waals surface area contributed by atoms with Crippen LogP contribution in [0.25, 0.3) is 0 Å². The molecule has 16 heavy (non-hydrogen) atoms. The molecule has 0 radical (unpaired) electrons. The molecule has 2 unspecified atom stereocenters. The van der Waals surface area contributed by atoms with Gasteiger partial charge in [-0.05, 0) is 49.7 Å². The van der Waals surface area contributed by atoms with E-state index in [4.69, 9.17) is 17.3 Å². The summed E-state index contributed by atoms with van der Waals surface area (Å²) in [7, 11) is 0. The summed E-state index contributed by atoms with van der Waals surface area (Å²) in [5, 5.41) is 0.800. The molecule has 0 aromatic heterocycles. The lowest BCUT2D eigenvalue weighted by Crippen LogP contribution is -2.27. The number of nitrogens with zero attached hydrogens (tertiary/aromatic N) is 1. The first kappa shape index (κ1) is 11.9. The van der Waals surface area contributed by atoms with Gasteiger partial charge in [0.15, 0.2) is 0 Å². The van der Waals surface area contributed by atoms with E-state index in [2.05, 4.69) is 24.0 Å².